The highest BCUT2D eigenvalue weighted by molar-refractivity contribution is 5.81. The first-order valence-electron chi connectivity index (χ1n) is 13.2. The van der Waals surface area contributed by atoms with Crippen LogP contribution < -0.4 is 15.2 Å². The van der Waals surface area contributed by atoms with Crippen LogP contribution in [-0.2, 0) is 35.0 Å². The second-order valence-corrected chi connectivity index (χ2v) is 10.4. The maximum absolute atomic E-state index is 12.6. The van der Waals surface area contributed by atoms with Crippen molar-refractivity contribution >= 4 is 24.2 Å². The molecule has 0 aliphatic rings. The predicted octanol–water partition coefficient (Wildman–Crippen LogP) is 5.10. The van der Waals surface area contributed by atoms with Crippen LogP contribution in [0.4, 0.5) is 9.59 Å². The van der Waals surface area contributed by atoms with Gasteiger partial charge in [-0.15, -0.1) is 0 Å². The summed E-state index contributed by atoms with van der Waals surface area (Å²) in [6.07, 6.45) is 1.15. The van der Waals surface area contributed by atoms with E-state index >= 15 is 0 Å². The van der Waals surface area contributed by atoms with Gasteiger partial charge < -0.3 is 34.2 Å². The molecule has 11 heteroatoms. The van der Waals surface area contributed by atoms with Crippen molar-refractivity contribution < 1.29 is 47.6 Å². The number of esters is 2. The van der Waals surface area contributed by atoms with Crippen molar-refractivity contribution in [3.05, 3.63) is 23.8 Å². The van der Waals surface area contributed by atoms with Gasteiger partial charge in [0.15, 0.2) is 11.5 Å². The van der Waals surface area contributed by atoms with Crippen molar-refractivity contribution in [1.29, 1.82) is 0 Å². The molecule has 1 rings (SSSR count). The third-order valence-electron chi connectivity index (χ3n) is 5.43. The fourth-order valence-electron chi connectivity index (χ4n) is 3.33. The molecule has 0 bridgehead atoms. The normalized spacial score (nSPS) is 12.6. The summed E-state index contributed by atoms with van der Waals surface area (Å²) in [4.78, 5) is 49.0. The molecule has 0 aromatic heterocycles. The lowest BCUT2D eigenvalue weighted by atomic mass is 9.88. The molecule has 2 N–H and O–H groups in total. The summed E-state index contributed by atoms with van der Waals surface area (Å²) in [5.41, 5.74) is 5.07. The summed E-state index contributed by atoms with van der Waals surface area (Å²) < 4.78 is 30.8. The van der Waals surface area contributed by atoms with E-state index < -0.39 is 29.8 Å². The Labute approximate surface area is 230 Å². The van der Waals surface area contributed by atoms with Gasteiger partial charge in [-0.3, -0.25) is 9.59 Å². The Hall–Kier alpha value is -3.34. The van der Waals surface area contributed by atoms with Crippen molar-refractivity contribution in [2.24, 2.45) is 11.1 Å². The van der Waals surface area contributed by atoms with Gasteiger partial charge in [0.25, 0.3) is 0 Å². The van der Waals surface area contributed by atoms with E-state index in [4.69, 9.17) is 34.2 Å². The number of hydrogen-bond acceptors (Lipinski definition) is 11. The molecule has 0 saturated heterocycles. The second kappa shape index (κ2) is 16.6. The van der Waals surface area contributed by atoms with Gasteiger partial charge in [-0.2, -0.15) is 0 Å². The van der Waals surface area contributed by atoms with Gasteiger partial charge in [-0.05, 0) is 36.0 Å². The molecule has 0 radical (unpaired) electrons. The molecular formula is C28H43NO10. The van der Waals surface area contributed by atoms with E-state index in [2.05, 4.69) is 0 Å². The van der Waals surface area contributed by atoms with E-state index in [-0.39, 0.29) is 56.0 Å². The first kappa shape index (κ1) is 33.7. The van der Waals surface area contributed by atoms with Crippen LogP contribution in [0, 0.1) is 5.41 Å². The number of unbranched alkanes of at least 4 members (excludes halogenated alkanes) is 2. The van der Waals surface area contributed by atoms with Gasteiger partial charge in [0, 0.05) is 12.8 Å². The van der Waals surface area contributed by atoms with Crippen LogP contribution in [-0.4, -0.2) is 56.7 Å². The van der Waals surface area contributed by atoms with Crippen LogP contribution in [0.1, 0.15) is 78.7 Å². The highest BCUT2D eigenvalue weighted by Gasteiger charge is 2.36. The van der Waals surface area contributed by atoms with E-state index in [1.807, 2.05) is 34.6 Å². The molecule has 0 saturated carbocycles. The van der Waals surface area contributed by atoms with Gasteiger partial charge in [0.2, 0.25) is 0 Å². The minimum absolute atomic E-state index is 0.0210. The molecule has 220 valence electrons. The van der Waals surface area contributed by atoms with Crippen LogP contribution >= 0.6 is 0 Å². The summed E-state index contributed by atoms with van der Waals surface area (Å²) in [5.74, 6) is -1.32. The average molecular weight is 554 g/mol. The van der Waals surface area contributed by atoms with Gasteiger partial charge in [0.1, 0.15) is 5.54 Å². The molecule has 0 aliphatic heterocycles. The van der Waals surface area contributed by atoms with Crippen molar-refractivity contribution in [3.8, 4) is 11.5 Å². The lowest BCUT2D eigenvalue weighted by Gasteiger charge is -2.27. The van der Waals surface area contributed by atoms with Crippen LogP contribution in [0.3, 0.4) is 0 Å². The third kappa shape index (κ3) is 13.3. The molecule has 1 aromatic carbocycles. The molecule has 0 heterocycles. The number of nitrogens with two attached hydrogens (primary N) is 1. The fourth-order valence-corrected chi connectivity index (χ4v) is 3.33. The summed E-state index contributed by atoms with van der Waals surface area (Å²) >= 11 is 0. The van der Waals surface area contributed by atoms with Crippen molar-refractivity contribution in [3.63, 3.8) is 0 Å². The minimum atomic E-state index is -1.56. The Morgan fingerprint density at radius 3 is 1.90 bits per heavy atom. The molecule has 39 heavy (non-hydrogen) atoms. The molecular weight excluding hydrogens is 510 g/mol. The van der Waals surface area contributed by atoms with E-state index in [0.29, 0.717) is 18.4 Å². The summed E-state index contributed by atoms with van der Waals surface area (Å²) in [6.45, 7) is 9.86. The average Bonchev–Trinajstić information content (AvgIpc) is 2.84. The number of ether oxygens (including phenoxy) is 6. The zero-order valence-corrected chi connectivity index (χ0v) is 24.0. The number of methoxy groups -OCH3 is 1. The monoisotopic (exact) mass is 553 g/mol. The summed E-state index contributed by atoms with van der Waals surface area (Å²) in [7, 11) is 1.21. The van der Waals surface area contributed by atoms with E-state index in [1.54, 1.807) is 6.07 Å². The van der Waals surface area contributed by atoms with Crippen LogP contribution in [0.25, 0.3) is 0 Å². The Balaban J connectivity index is 3.10. The van der Waals surface area contributed by atoms with E-state index in [1.165, 1.54) is 19.2 Å². The molecule has 0 amide bonds. The number of carbonyl (C=O) groups is 4. The Bertz CT molecular complexity index is 956. The highest BCUT2D eigenvalue weighted by Crippen LogP contribution is 2.31. The fraction of sp³-hybridized carbons (Fsp3) is 0.643. The molecule has 0 fully saturated rings. The van der Waals surface area contributed by atoms with Crippen LogP contribution in [0.5, 0.6) is 11.5 Å². The third-order valence-corrected chi connectivity index (χ3v) is 5.43. The predicted molar refractivity (Wildman–Crippen MR) is 142 cm³/mol. The zero-order chi connectivity index (χ0) is 29.5. The Kier molecular flexibility index (Phi) is 14.3. The standard InChI is InChI=1S/C28H43NO10/c1-7-9-14-36-25(32)38-21-12-11-20(17-22(21)39-26(33)37-15-10-8-2)18-28(29,24(31)34-6)13-16-35-23(30)19-27(3,4)5/h11-12,17H,7-10,13-16,18-19,29H2,1-6H3/t28-/m1/s1. The van der Waals surface area contributed by atoms with Crippen LogP contribution in [0.15, 0.2) is 18.2 Å². The van der Waals surface area contributed by atoms with Gasteiger partial charge in [0.05, 0.1) is 33.4 Å². The number of carbonyl (C=O) groups excluding carboxylic acids is 4. The second-order valence-electron chi connectivity index (χ2n) is 10.4. The Morgan fingerprint density at radius 1 is 0.821 bits per heavy atom. The Morgan fingerprint density at radius 2 is 1.38 bits per heavy atom. The number of hydrogen-bond donors (Lipinski definition) is 1. The lowest BCUT2D eigenvalue weighted by Crippen LogP contribution is -2.51. The molecule has 1 atom stereocenters. The molecule has 0 spiro atoms. The highest BCUT2D eigenvalue weighted by atomic mass is 16.7. The number of benzene rings is 1. The topological polar surface area (TPSA) is 150 Å². The maximum atomic E-state index is 12.6. The number of rotatable bonds is 15. The molecule has 0 aliphatic carbocycles. The van der Waals surface area contributed by atoms with Gasteiger partial charge in [-0.1, -0.05) is 53.5 Å². The minimum Gasteiger partial charge on any atom is -0.468 e. The SMILES string of the molecule is CCCCOC(=O)Oc1ccc(C[C@](N)(CCOC(=O)CC(C)(C)C)C(=O)OC)cc1OC(=O)OCCCC. The lowest BCUT2D eigenvalue weighted by molar-refractivity contribution is -0.152. The van der Waals surface area contributed by atoms with Crippen LogP contribution in [0.2, 0.25) is 0 Å². The summed E-state index contributed by atoms with van der Waals surface area (Å²) in [5, 5.41) is 0. The largest absolute Gasteiger partial charge is 0.513 e. The van der Waals surface area contributed by atoms with Crippen molar-refractivity contribution in [2.75, 3.05) is 26.9 Å². The van der Waals surface area contributed by atoms with Gasteiger partial charge in [-0.25, -0.2) is 9.59 Å². The van der Waals surface area contributed by atoms with E-state index in [0.717, 1.165) is 12.8 Å². The molecule has 1 aromatic rings. The quantitative estimate of drug-likeness (QED) is 0.134. The van der Waals surface area contributed by atoms with Crippen molar-refractivity contribution in [2.45, 2.75) is 85.1 Å². The molecule has 0 unspecified atom stereocenters. The smallest absolute Gasteiger partial charge is 0.468 e. The van der Waals surface area contributed by atoms with Crippen molar-refractivity contribution in [1.82, 2.24) is 0 Å². The van der Waals surface area contributed by atoms with E-state index in [9.17, 15) is 19.2 Å². The first-order valence-corrected chi connectivity index (χ1v) is 13.2. The zero-order valence-electron chi connectivity index (χ0n) is 24.0. The first-order chi connectivity index (χ1) is 18.3. The molecule has 11 nitrogen and oxygen atoms in total. The van der Waals surface area contributed by atoms with Gasteiger partial charge >= 0.3 is 24.2 Å². The maximum Gasteiger partial charge on any atom is 0.513 e. The summed E-state index contributed by atoms with van der Waals surface area (Å²) in [6, 6.07) is 4.36.